The Morgan fingerprint density at radius 2 is 1.87 bits per heavy atom. The van der Waals surface area contributed by atoms with Gasteiger partial charge in [0.15, 0.2) is 5.17 Å². The van der Waals surface area contributed by atoms with Crippen molar-refractivity contribution >= 4 is 28.6 Å². The molecule has 4 nitrogen and oxygen atoms in total. The first kappa shape index (κ1) is 17.9. The molecule has 1 heterocycles. The van der Waals surface area contributed by atoms with E-state index in [0.717, 1.165) is 16.4 Å². The fraction of sp³-hybridized carbons (Fsp3) is 0.556. The Morgan fingerprint density at radius 1 is 1.22 bits per heavy atom. The van der Waals surface area contributed by atoms with Gasteiger partial charge in [-0.25, -0.2) is 4.79 Å². The van der Waals surface area contributed by atoms with E-state index >= 15 is 0 Å². The van der Waals surface area contributed by atoms with Crippen LogP contribution in [0.4, 0.5) is 10.5 Å². The predicted molar refractivity (Wildman–Crippen MR) is 100 cm³/mol. The second-order valence-corrected chi connectivity index (χ2v) is 8.14. The highest BCUT2D eigenvalue weighted by Crippen LogP contribution is 2.31. The molecule has 2 amide bonds. The molecule has 5 heteroatoms. The standard InChI is InChI=1S/C18H27N3OS/c1-12(2)21-16(19-18(5,6)7)23-11-20(17(21)22)15-10-8-9-13(3)14(15)4/h8-10,12H,11H2,1-7H3. The van der Waals surface area contributed by atoms with Gasteiger partial charge in [0.1, 0.15) is 0 Å². The van der Waals surface area contributed by atoms with E-state index in [-0.39, 0.29) is 17.6 Å². The molecule has 0 spiro atoms. The molecule has 23 heavy (non-hydrogen) atoms. The van der Waals surface area contributed by atoms with E-state index in [2.05, 4.69) is 40.7 Å². The second-order valence-electron chi connectivity index (χ2n) is 7.23. The van der Waals surface area contributed by atoms with Crippen molar-refractivity contribution < 1.29 is 4.79 Å². The molecular formula is C18H27N3OS. The largest absolute Gasteiger partial charge is 0.331 e. The van der Waals surface area contributed by atoms with Gasteiger partial charge in [0.05, 0.1) is 11.4 Å². The first-order chi connectivity index (χ1) is 10.6. The van der Waals surface area contributed by atoms with Crippen LogP contribution in [0.3, 0.4) is 0 Å². The Labute approximate surface area is 144 Å². The summed E-state index contributed by atoms with van der Waals surface area (Å²) >= 11 is 1.63. The molecule has 0 N–H and O–H groups in total. The zero-order valence-electron chi connectivity index (χ0n) is 15.2. The molecule has 1 fully saturated rings. The molecule has 0 saturated carbocycles. The van der Waals surface area contributed by atoms with Crippen LogP contribution in [0, 0.1) is 13.8 Å². The van der Waals surface area contributed by atoms with Gasteiger partial charge in [-0.3, -0.25) is 14.8 Å². The lowest BCUT2D eigenvalue weighted by atomic mass is 10.1. The zero-order valence-corrected chi connectivity index (χ0v) is 16.0. The lowest BCUT2D eigenvalue weighted by Gasteiger charge is -2.39. The molecular weight excluding hydrogens is 306 g/mol. The number of amidine groups is 1. The summed E-state index contributed by atoms with van der Waals surface area (Å²) < 4.78 is 0. The minimum atomic E-state index is -0.197. The maximum absolute atomic E-state index is 13.1. The minimum absolute atomic E-state index is 0.00968. The van der Waals surface area contributed by atoms with Crippen molar-refractivity contribution in [3.8, 4) is 0 Å². The van der Waals surface area contributed by atoms with Crippen molar-refractivity contribution in [2.24, 2.45) is 4.99 Å². The summed E-state index contributed by atoms with van der Waals surface area (Å²) in [7, 11) is 0. The molecule has 1 aliphatic heterocycles. The molecule has 126 valence electrons. The fourth-order valence-electron chi connectivity index (χ4n) is 2.47. The topological polar surface area (TPSA) is 35.9 Å². The molecule has 1 aromatic carbocycles. The third-order valence-corrected chi connectivity index (χ3v) is 4.71. The van der Waals surface area contributed by atoms with E-state index in [0.29, 0.717) is 5.88 Å². The van der Waals surface area contributed by atoms with Gasteiger partial charge in [-0.15, -0.1) is 0 Å². The number of thioether (sulfide) groups is 1. The van der Waals surface area contributed by atoms with Crippen LogP contribution in [-0.2, 0) is 0 Å². The number of aliphatic imine (C=N–C) groups is 1. The molecule has 0 aromatic heterocycles. The van der Waals surface area contributed by atoms with Crippen molar-refractivity contribution in [3.63, 3.8) is 0 Å². The van der Waals surface area contributed by atoms with E-state index in [4.69, 9.17) is 4.99 Å². The molecule has 0 aliphatic carbocycles. The third-order valence-electron chi connectivity index (χ3n) is 3.78. The fourth-order valence-corrected chi connectivity index (χ4v) is 3.73. The zero-order chi connectivity index (χ0) is 17.4. The number of carbonyl (C=O) groups is 1. The van der Waals surface area contributed by atoms with Crippen LogP contribution < -0.4 is 4.90 Å². The van der Waals surface area contributed by atoms with Crippen LogP contribution in [0.2, 0.25) is 0 Å². The Bertz CT molecular complexity index is 632. The monoisotopic (exact) mass is 333 g/mol. The van der Waals surface area contributed by atoms with Gasteiger partial charge in [-0.05, 0) is 65.7 Å². The van der Waals surface area contributed by atoms with Crippen molar-refractivity contribution in [2.45, 2.75) is 60.0 Å². The van der Waals surface area contributed by atoms with Crippen molar-refractivity contribution in [1.29, 1.82) is 0 Å². The summed E-state index contributed by atoms with van der Waals surface area (Å²) in [6.45, 7) is 14.4. The van der Waals surface area contributed by atoms with Crippen LogP contribution in [0.1, 0.15) is 45.7 Å². The van der Waals surface area contributed by atoms with Crippen LogP contribution in [0.5, 0.6) is 0 Å². The maximum Gasteiger partial charge on any atom is 0.331 e. The number of urea groups is 1. The summed E-state index contributed by atoms with van der Waals surface area (Å²) in [5.74, 6) is 0.598. The van der Waals surface area contributed by atoms with Crippen molar-refractivity contribution in [1.82, 2.24) is 4.90 Å². The molecule has 1 saturated heterocycles. The SMILES string of the molecule is Cc1cccc(N2CSC(=NC(C)(C)C)N(C(C)C)C2=O)c1C. The second kappa shape index (κ2) is 6.56. The highest BCUT2D eigenvalue weighted by Gasteiger charge is 2.35. The summed E-state index contributed by atoms with van der Waals surface area (Å²) in [5.41, 5.74) is 3.15. The Balaban J connectivity index is 2.41. The molecule has 1 aliphatic rings. The lowest BCUT2D eigenvalue weighted by Crippen LogP contribution is -2.53. The Kier molecular flexibility index (Phi) is 5.09. The lowest BCUT2D eigenvalue weighted by molar-refractivity contribution is 0.220. The quantitative estimate of drug-likeness (QED) is 0.779. The van der Waals surface area contributed by atoms with Crippen LogP contribution >= 0.6 is 11.8 Å². The number of carbonyl (C=O) groups excluding carboxylic acids is 1. The van der Waals surface area contributed by atoms with Gasteiger partial charge in [-0.1, -0.05) is 23.9 Å². The van der Waals surface area contributed by atoms with Gasteiger partial charge in [0, 0.05) is 11.7 Å². The minimum Gasteiger partial charge on any atom is -0.284 e. The van der Waals surface area contributed by atoms with E-state index in [1.165, 1.54) is 5.56 Å². The number of rotatable bonds is 2. The van der Waals surface area contributed by atoms with Crippen LogP contribution in [-0.4, -0.2) is 33.6 Å². The molecule has 2 rings (SSSR count). The van der Waals surface area contributed by atoms with E-state index < -0.39 is 0 Å². The van der Waals surface area contributed by atoms with Gasteiger partial charge < -0.3 is 0 Å². The van der Waals surface area contributed by atoms with Crippen molar-refractivity contribution in [2.75, 3.05) is 10.8 Å². The number of amides is 2. The Morgan fingerprint density at radius 3 is 2.43 bits per heavy atom. The first-order valence-corrected chi connectivity index (χ1v) is 9.00. The normalized spacial score (nSPS) is 18.3. The summed E-state index contributed by atoms with van der Waals surface area (Å²) in [6, 6.07) is 6.19. The molecule has 0 unspecified atom stereocenters. The average molecular weight is 334 g/mol. The van der Waals surface area contributed by atoms with Gasteiger partial charge in [-0.2, -0.15) is 0 Å². The number of anilines is 1. The van der Waals surface area contributed by atoms with E-state index in [9.17, 15) is 4.79 Å². The summed E-state index contributed by atoms with van der Waals surface area (Å²) in [4.78, 5) is 21.5. The van der Waals surface area contributed by atoms with Crippen LogP contribution in [0.15, 0.2) is 23.2 Å². The highest BCUT2D eigenvalue weighted by molar-refractivity contribution is 8.14. The summed E-state index contributed by atoms with van der Waals surface area (Å²) in [6.07, 6.45) is 0. The Hall–Kier alpha value is -1.49. The molecule has 0 atom stereocenters. The number of aryl methyl sites for hydroxylation is 1. The predicted octanol–water partition coefficient (Wildman–Crippen LogP) is 4.80. The third kappa shape index (κ3) is 3.89. The maximum atomic E-state index is 13.1. The number of benzene rings is 1. The number of hydrogen-bond acceptors (Lipinski definition) is 3. The van der Waals surface area contributed by atoms with Crippen LogP contribution in [0.25, 0.3) is 0 Å². The molecule has 0 bridgehead atoms. The summed E-state index contributed by atoms with van der Waals surface area (Å²) in [5, 5.41) is 0.819. The first-order valence-electron chi connectivity index (χ1n) is 8.01. The highest BCUT2D eigenvalue weighted by atomic mass is 32.2. The molecule has 0 radical (unpaired) electrons. The smallest absolute Gasteiger partial charge is 0.284 e. The van der Waals surface area contributed by atoms with Gasteiger partial charge >= 0.3 is 6.03 Å². The van der Waals surface area contributed by atoms with Gasteiger partial charge in [0.25, 0.3) is 0 Å². The van der Waals surface area contributed by atoms with E-state index in [1.54, 1.807) is 16.7 Å². The average Bonchev–Trinajstić information content (AvgIpc) is 2.40. The van der Waals surface area contributed by atoms with Gasteiger partial charge in [0.2, 0.25) is 0 Å². The number of nitrogens with zero attached hydrogens (tertiary/aromatic N) is 3. The number of hydrogen-bond donors (Lipinski definition) is 0. The molecule has 1 aromatic rings. The van der Waals surface area contributed by atoms with E-state index in [1.807, 2.05) is 30.9 Å². The van der Waals surface area contributed by atoms with Crippen molar-refractivity contribution in [3.05, 3.63) is 29.3 Å².